The Hall–Kier alpha value is -2.70. The van der Waals surface area contributed by atoms with Crippen molar-refractivity contribution in [3.63, 3.8) is 0 Å². The van der Waals surface area contributed by atoms with Gasteiger partial charge in [0.1, 0.15) is 5.82 Å². The molecule has 7 nitrogen and oxygen atoms in total. The van der Waals surface area contributed by atoms with Crippen molar-refractivity contribution in [2.24, 2.45) is 5.92 Å². The van der Waals surface area contributed by atoms with Crippen molar-refractivity contribution in [3.05, 3.63) is 52.2 Å². The summed E-state index contributed by atoms with van der Waals surface area (Å²) in [5, 5.41) is 8.94. The van der Waals surface area contributed by atoms with Gasteiger partial charge < -0.3 is 4.90 Å². The van der Waals surface area contributed by atoms with E-state index in [1.807, 2.05) is 23.6 Å². The maximum atomic E-state index is 12.1. The van der Waals surface area contributed by atoms with Gasteiger partial charge in [-0.05, 0) is 25.8 Å². The highest BCUT2D eigenvalue weighted by molar-refractivity contribution is 5.52. The molecular formula is C18H20N6O. The van der Waals surface area contributed by atoms with Gasteiger partial charge in [-0.15, -0.1) is 0 Å². The molecule has 3 aromatic heterocycles. The molecule has 0 amide bonds. The number of fused-ring (bicyclic) bond motifs is 1. The molecule has 0 aromatic carbocycles. The van der Waals surface area contributed by atoms with Crippen molar-refractivity contribution >= 4 is 11.5 Å². The van der Waals surface area contributed by atoms with Gasteiger partial charge in [0, 0.05) is 48.8 Å². The lowest BCUT2D eigenvalue weighted by molar-refractivity contribution is 0.330. The highest BCUT2D eigenvalue weighted by atomic mass is 16.1. The molecule has 1 aliphatic carbocycles. The molecule has 2 aliphatic rings. The minimum absolute atomic E-state index is 0.00271. The molecule has 0 unspecified atom stereocenters. The van der Waals surface area contributed by atoms with Crippen LogP contribution < -0.4 is 10.5 Å². The molecule has 1 saturated heterocycles. The van der Waals surface area contributed by atoms with E-state index in [0.717, 1.165) is 35.9 Å². The summed E-state index contributed by atoms with van der Waals surface area (Å²) in [6.07, 6.45) is 4.17. The summed E-state index contributed by atoms with van der Waals surface area (Å²) in [4.78, 5) is 18.9. The van der Waals surface area contributed by atoms with Crippen LogP contribution >= 0.6 is 0 Å². The molecule has 128 valence electrons. The van der Waals surface area contributed by atoms with Crippen molar-refractivity contribution < 1.29 is 0 Å². The zero-order valence-electron chi connectivity index (χ0n) is 14.2. The quantitative estimate of drug-likeness (QED) is 0.724. The summed E-state index contributed by atoms with van der Waals surface area (Å²) < 4.78 is 3.53. The van der Waals surface area contributed by atoms with Crippen LogP contribution in [0.4, 0.5) is 5.82 Å². The molecular weight excluding hydrogens is 316 g/mol. The summed E-state index contributed by atoms with van der Waals surface area (Å²) in [7, 11) is 0. The second-order valence-electron chi connectivity index (χ2n) is 7.18. The predicted molar refractivity (Wildman–Crippen MR) is 93.9 cm³/mol. The number of nitrogens with zero attached hydrogens (tertiary/aromatic N) is 6. The standard InChI is InChI=1S/C18H20N6O/c1-12-8-17(24-16(20-12)6-7-19-24)22-9-13(10-22)11-23-18(25)5-4-15(21-23)14-2-3-14/h4-8,13-14H,2-3,9-11H2,1H3. The Morgan fingerprint density at radius 3 is 2.84 bits per heavy atom. The molecule has 4 heterocycles. The molecule has 0 radical (unpaired) electrons. The molecule has 7 heteroatoms. The molecule has 5 rings (SSSR count). The van der Waals surface area contributed by atoms with Gasteiger partial charge in [-0.2, -0.15) is 14.7 Å². The van der Waals surface area contributed by atoms with E-state index in [9.17, 15) is 4.79 Å². The highest BCUT2D eigenvalue weighted by Crippen LogP contribution is 2.38. The smallest absolute Gasteiger partial charge is 0.266 e. The van der Waals surface area contributed by atoms with E-state index in [1.165, 1.54) is 12.8 Å². The molecule has 0 N–H and O–H groups in total. The molecule has 1 saturated carbocycles. The van der Waals surface area contributed by atoms with Crippen LogP contribution in [0.1, 0.15) is 30.1 Å². The van der Waals surface area contributed by atoms with E-state index in [-0.39, 0.29) is 5.56 Å². The Morgan fingerprint density at radius 1 is 1.20 bits per heavy atom. The lowest BCUT2D eigenvalue weighted by Crippen LogP contribution is -2.50. The van der Waals surface area contributed by atoms with E-state index in [2.05, 4.69) is 26.1 Å². The molecule has 3 aromatic rings. The fourth-order valence-corrected chi connectivity index (χ4v) is 3.55. The third-order valence-electron chi connectivity index (χ3n) is 5.06. The fourth-order valence-electron chi connectivity index (χ4n) is 3.55. The van der Waals surface area contributed by atoms with Crippen molar-refractivity contribution in [2.45, 2.75) is 32.2 Å². The van der Waals surface area contributed by atoms with Gasteiger partial charge in [-0.1, -0.05) is 0 Å². The van der Waals surface area contributed by atoms with Crippen molar-refractivity contribution in [3.8, 4) is 0 Å². The number of aromatic nitrogens is 5. The van der Waals surface area contributed by atoms with Gasteiger partial charge in [0.2, 0.25) is 0 Å². The maximum absolute atomic E-state index is 12.1. The zero-order valence-corrected chi connectivity index (χ0v) is 14.2. The second-order valence-corrected chi connectivity index (χ2v) is 7.18. The first kappa shape index (κ1) is 14.6. The van der Waals surface area contributed by atoms with E-state index >= 15 is 0 Å². The lowest BCUT2D eigenvalue weighted by Gasteiger charge is -2.40. The van der Waals surface area contributed by atoms with Crippen LogP contribution in [0, 0.1) is 12.8 Å². The monoisotopic (exact) mass is 336 g/mol. The molecule has 0 atom stereocenters. The number of hydrogen-bond donors (Lipinski definition) is 0. The number of aryl methyl sites for hydroxylation is 1. The predicted octanol–water partition coefficient (Wildman–Crippen LogP) is 1.61. The van der Waals surface area contributed by atoms with Gasteiger partial charge in [0.05, 0.1) is 18.4 Å². The molecule has 0 spiro atoms. The van der Waals surface area contributed by atoms with Gasteiger partial charge >= 0.3 is 0 Å². The van der Waals surface area contributed by atoms with Crippen LogP contribution in [-0.2, 0) is 6.54 Å². The van der Waals surface area contributed by atoms with E-state index in [1.54, 1.807) is 16.9 Å². The minimum atomic E-state index is -0.00271. The minimum Gasteiger partial charge on any atom is -0.356 e. The molecule has 0 bridgehead atoms. The van der Waals surface area contributed by atoms with Crippen LogP contribution in [0.25, 0.3) is 5.65 Å². The van der Waals surface area contributed by atoms with Gasteiger partial charge in [0.25, 0.3) is 5.56 Å². The largest absolute Gasteiger partial charge is 0.356 e. The van der Waals surface area contributed by atoms with Crippen LogP contribution in [0.5, 0.6) is 0 Å². The fraction of sp³-hybridized carbons (Fsp3) is 0.444. The zero-order chi connectivity index (χ0) is 17.0. The first-order valence-electron chi connectivity index (χ1n) is 8.82. The summed E-state index contributed by atoms with van der Waals surface area (Å²) in [5.74, 6) is 2.06. The first-order valence-corrected chi connectivity index (χ1v) is 8.82. The molecule has 25 heavy (non-hydrogen) atoms. The number of hydrogen-bond acceptors (Lipinski definition) is 5. The third kappa shape index (κ3) is 2.59. The van der Waals surface area contributed by atoms with Crippen molar-refractivity contribution in [2.75, 3.05) is 18.0 Å². The third-order valence-corrected chi connectivity index (χ3v) is 5.06. The van der Waals surface area contributed by atoms with Gasteiger partial charge in [-0.25, -0.2) is 9.67 Å². The van der Waals surface area contributed by atoms with Gasteiger partial charge in [-0.3, -0.25) is 4.79 Å². The van der Waals surface area contributed by atoms with E-state index in [4.69, 9.17) is 0 Å². The number of anilines is 1. The Kier molecular flexibility index (Phi) is 3.16. The summed E-state index contributed by atoms with van der Waals surface area (Å²) in [6.45, 7) is 4.49. The van der Waals surface area contributed by atoms with Crippen LogP contribution in [-0.4, -0.2) is 37.5 Å². The lowest BCUT2D eigenvalue weighted by atomic mass is 10.0. The van der Waals surface area contributed by atoms with Gasteiger partial charge in [0.15, 0.2) is 5.65 Å². The van der Waals surface area contributed by atoms with Crippen LogP contribution in [0.2, 0.25) is 0 Å². The Morgan fingerprint density at radius 2 is 2.04 bits per heavy atom. The molecule has 1 aliphatic heterocycles. The topological polar surface area (TPSA) is 68.3 Å². The number of rotatable bonds is 4. The Bertz CT molecular complexity index is 996. The highest BCUT2D eigenvalue weighted by Gasteiger charge is 2.30. The Labute approximate surface area is 144 Å². The van der Waals surface area contributed by atoms with Crippen molar-refractivity contribution in [1.82, 2.24) is 24.4 Å². The van der Waals surface area contributed by atoms with Crippen molar-refractivity contribution in [1.29, 1.82) is 0 Å². The maximum Gasteiger partial charge on any atom is 0.266 e. The van der Waals surface area contributed by atoms with E-state index in [0.29, 0.717) is 18.4 Å². The van der Waals surface area contributed by atoms with E-state index < -0.39 is 0 Å². The summed E-state index contributed by atoms with van der Waals surface area (Å²) in [6, 6.07) is 7.53. The SMILES string of the molecule is Cc1cc(N2CC(Cn3nc(C4CC4)ccc3=O)C2)n2nccc2n1. The normalized spacial score (nSPS) is 17.9. The average molecular weight is 336 g/mol. The molecule has 2 fully saturated rings. The van der Waals surface area contributed by atoms with Crippen LogP contribution in [0.15, 0.2) is 35.3 Å². The van der Waals surface area contributed by atoms with Crippen LogP contribution in [0.3, 0.4) is 0 Å². The first-order chi connectivity index (χ1) is 12.2. The Balaban J connectivity index is 1.33. The summed E-state index contributed by atoms with van der Waals surface area (Å²) in [5.41, 5.74) is 2.92. The average Bonchev–Trinajstić information content (AvgIpc) is 3.29. The second kappa shape index (κ2) is 5.40. The summed E-state index contributed by atoms with van der Waals surface area (Å²) >= 11 is 0.